The highest BCUT2D eigenvalue weighted by molar-refractivity contribution is 8.00. The Bertz CT molecular complexity index is 448. The molecule has 0 radical (unpaired) electrons. The van der Waals surface area contributed by atoms with Gasteiger partial charge >= 0.3 is 0 Å². The highest BCUT2D eigenvalue weighted by atomic mass is 32.2. The van der Waals surface area contributed by atoms with Crippen molar-refractivity contribution in [3.05, 3.63) is 0 Å². The summed E-state index contributed by atoms with van der Waals surface area (Å²) in [7, 11) is 0. The average molecular weight is 296 g/mol. The minimum absolute atomic E-state index is 0.267. The van der Waals surface area contributed by atoms with Gasteiger partial charge in [-0.2, -0.15) is 26.7 Å². The zero-order chi connectivity index (χ0) is 13.8. The quantitative estimate of drug-likeness (QED) is 0.835. The van der Waals surface area contributed by atoms with Crippen molar-refractivity contribution >= 4 is 29.6 Å². The lowest BCUT2D eigenvalue weighted by molar-refractivity contribution is 0.122. The molecule has 1 aromatic rings. The van der Waals surface area contributed by atoms with Crippen molar-refractivity contribution in [3.63, 3.8) is 0 Å². The third kappa shape index (κ3) is 3.43. The second-order valence-electron chi connectivity index (χ2n) is 4.93. The predicted octanol–water partition coefficient (Wildman–Crippen LogP) is 0.598. The highest BCUT2D eigenvalue weighted by Gasteiger charge is 2.18. The molecule has 3 heterocycles. The Hall–Kier alpha value is -1.28. The normalized spacial score (nSPS) is 23.0. The van der Waals surface area contributed by atoms with Gasteiger partial charge in [-0.3, -0.25) is 0 Å². The molecule has 1 unspecified atom stereocenters. The first kappa shape index (κ1) is 13.7. The van der Waals surface area contributed by atoms with Gasteiger partial charge < -0.3 is 20.7 Å². The number of nitrogen functional groups attached to an aromatic ring is 1. The molecule has 0 saturated carbocycles. The Morgan fingerprint density at radius 1 is 1.30 bits per heavy atom. The van der Waals surface area contributed by atoms with E-state index in [9.17, 15) is 0 Å². The van der Waals surface area contributed by atoms with Crippen LogP contribution in [0.3, 0.4) is 0 Å². The van der Waals surface area contributed by atoms with E-state index in [0.717, 1.165) is 19.6 Å². The maximum atomic E-state index is 5.78. The van der Waals surface area contributed by atoms with E-state index in [1.165, 1.54) is 18.6 Å². The fourth-order valence-electron chi connectivity index (χ4n) is 2.37. The van der Waals surface area contributed by atoms with E-state index in [1.54, 1.807) is 0 Å². The highest BCUT2D eigenvalue weighted by Crippen LogP contribution is 2.26. The smallest absolute Gasteiger partial charge is 0.232 e. The molecular formula is C12H20N6OS. The summed E-state index contributed by atoms with van der Waals surface area (Å²) in [6.07, 6.45) is 2.56. The first-order valence-electron chi connectivity index (χ1n) is 7.01. The number of ether oxygens (including phenoxy) is 1. The van der Waals surface area contributed by atoms with Crippen molar-refractivity contribution in [1.29, 1.82) is 0 Å². The van der Waals surface area contributed by atoms with Gasteiger partial charge in [-0.1, -0.05) is 0 Å². The van der Waals surface area contributed by atoms with Crippen molar-refractivity contribution in [2.75, 3.05) is 54.6 Å². The summed E-state index contributed by atoms with van der Waals surface area (Å²) >= 11 is 2.01. The van der Waals surface area contributed by atoms with E-state index in [2.05, 4.69) is 25.2 Å². The summed E-state index contributed by atoms with van der Waals surface area (Å²) in [5.41, 5.74) is 5.78. The number of hydrogen-bond acceptors (Lipinski definition) is 8. The van der Waals surface area contributed by atoms with Gasteiger partial charge in [0.25, 0.3) is 0 Å². The van der Waals surface area contributed by atoms with Crippen molar-refractivity contribution in [2.24, 2.45) is 0 Å². The molecule has 20 heavy (non-hydrogen) atoms. The fourth-order valence-corrected chi connectivity index (χ4v) is 3.58. The number of anilines is 3. The molecule has 0 bridgehead atoms. The van der Waals surface area contributed by atoms with Crippen LogP contribution in [0, 0.1) is 0 Å². The summed E-state index contributed by atoms with van der Waals surface area (Å²) in [6.45, 7) is 3.87. The molecule has 110 valence electrons. The summed E-state index contributed by atoms with van der Waals surface area (Å²) in [4.78, 5) is 14.9. The largest absolute Gasteiger partial charge is 0.378 e. The van der Waals surface area contributed by atoms with Crippen molar-refractivity contribution in [3.8, 4) is 0 Å². The van der Waals surface area contributed by atoms with E-state index in [0.29, 0.717) is 30.4 Å². The molecule has 8 heteroatoms. The van der Waals surface area contributed by atoms with Crippen molar-refractivity contribution < 1.29 is 4.74 Å². The lowest BCUT2D eigenvalue weighted by Gasteiger charge is -2.26. The number of nitrogens with zero attached hydrogens (tertiary/aromatic N) is 4. The number of thioether (sulfide) groups is 1. The molecule has 0 amide bonds. The number of nitrogens with two attached hydrogens (primary N) is 1. The van der Waals surface area contributed by atoms with E-state index in [-0.39, 0.29) is 5.95 Å². The summed E-state index contributed by atoms with van der Waals surface area (Å²) < 4.78 is 5.33. The Balaban J connectivity index is 1.65. The van der Waals surface area contributed by atoms with Crippen LogP contribution >= 0.6 is 11.8 Å². The van der Waals surface area contributed by atoms with E-state index >= 15 is 0 Å². The molecule has 2 aliphatic rings. The van der Waals surface area contributed by atoms with Crippen LogP contribution in [0.2, 0.25) is 0 Å². The van der Waals surface area contributed by atoms with Crippen LogP contribution in [0.1, 0.15) is 12.8 Å². The van der Waals surface area contributed by atoms with Gasteiger partial charge in [-0.15, -0.1) is 0 Å². The van der Waals surface area contributed by atoms with Gasteiger partial charge in [0.05, 0.1) is 13.2 Å². The molecule has 2 aliphatic heterocycles. The molecule has 3 N–H and O–H groups in total. The van der Waals surface area contributed by atoms with Crippen LogP contribution < -0.4 is 16.0 Å². The maximum Gasteiger partial charge on any atom is 0.232 e. The molecule has 7 nitrogen and oxygen atoms in total. The Morgan fingerprint density at radius 2 is 2.15 bits per heavy atom. The number of morpholine rings is 1. The molecule has 2 saturated heterocycles. The monoisotopic (exact) mass is 296 g/mol. The zero-order valence-corrected chi connectivity index (χ0v) is 12.2. The van der Waals surface area contributed by atoms with Crippen LogP contribution in [0.4, 0.5) is 17.8 Å². The molecular weight excluding hydrogens is 276 g/mol. The number of rotatable bonds is 4. The minimum atomic E-state index is 0.267. The van der Waals surface area contributed by atoms with Gasteiger partial charge in [-0.25, -0.2) is 0 Å². The number of hydrogen-bond donors (Lipinski definition) is 2. The van der Waals surface area contributed by atoms with Crippen LogP contribution in [0.25, 0.3) is 0 Å². The summed E-state index contributed by atoms with van der Waals surface area (Å²) in [5, 5.41) is 3.94. The standard InChI is InChI=1S/C12H20N6OS/c13-10-15-11(14-8-9-2-1-7-20-9)17-12(16-10)18-3-5-19-6-4-18/h9H,1-8H2,(H3,13,14,15,16,17). The molecule has 0 aliphatic carbocycles. The molecule has 0 aromatic carbocycles. The van der Waals surface area contributed by atoms with Gasteiger partial charge in [-0.05, 0) is 18.6 Å². The summed E-state index contributed by atoms with van der Waals surface area (Å²) in [5.74, 6) is 2.74. The van der Waals surface area contributed by atoms with Crippen LogP contribution in [0.15, 0.2) is 0 Å². The van der Waals surface area contributed by atoms with Crippen molar-refractivity contribution in [2.45, 2.75) is 18.1 Å². The van der Waals surface area contributed by atoms with E-state index in [4.69, 9.17) is 10.5 Å². The Morgan fingerprint density at radius 3 is 2.90 bits per heavy atom. The second-order valence-corrected chi connectivity index (χ2v) is 6.34. The van der Waals surface area contributed by atoms with Gasteiger partial charge in [0.2, 0.25) is 17.8 Å². The maximum absolute atomic E-state index is 5.78. The molecule has 2 fully saturated rings. The summed E-state index contributed by atoms with van der Waals surface area (Å²) in [6, 6.07) is 0. The van der Waals surface area contributed by atoms with E-state index < -0.39 is 0 Å². The Labute approximate surface area is 122 Å². The number of aromatic nitrogens is 3. The van der Waals surface area contributed by atoms with Gasteiger partial charge in [0, 0.05) is 24.9 Å². The first-order chi connectivity index (χ1) is 9.81. The van der Waals surface area contributed by atoms with Crippen molar-refractivity contribution in [1.82, 2.24) is 15.0 Å². The SMILES string of the molecule is Nc1nc(NCC2CCCS2)nc(N2CCOCC2)n1. The van der Waals surface area contributed by atoms with Crippen LogP contribution in [-0.4, -0.2) is 58.8 Å². The fraction of sp³-hybridized carbons (Fsp3) is 0.750. The Kier molecular flexibility index (Phi) is 4.41. The average Bonchev–Trinajstić information content (AvgIpc) is 2.99. The zero-order valence-electron chi connectivity index (χ0n) is 11.4. The van der Waals surface area contributed by atoms with E-state index in [1.807, 2.05) is 11.8 Å². The van der Waals surface area contributed by atoms with Gasteiger partial charge in [0.1, 0.15) is 0 Å². The molecule has 1 atom stereocenters. The first-order valence-corrected chi connectivity index (χ1v) is 8.06. The molecule has 3 rings (SSSR count). The molecule has 1 aromatic heterocycles. The van der Waals surface area contributed by atoms with Crippen LogP contribution in [-0.2, 0) is 4.74 Å². The minimum Gasteiger partial charge on any atom is -0.378 e. The predicted molar refractivity (Wildman–Crippen MR) is 81.2 cm³/mol. The lowest BCUT2D eigenvalue weighted by atomic mass is 10.2. The topological polar surface area (TPSA) is 89.2 Å². The third-order valence-electron chi connectivity index (χ3n) is 3.45. The third-order valence-corrected chi connectivity index (χ3v) is 4.84. The van der Waals surface area contributed by atoms with Gasteiger partial charge in [0.15, 0.2) is 0 Å². The lowest BCUT2D eigenvalue weighted by Crippen LogP contribution is -2.37. The second kappa shape index (κ2) is 6.45. The number of nitrogens with one attached hydrogen (secondary N) is 1. The molecule has 0 spiro atoms. The van der Waals surface area contributed by atoms with Crippen LogP contribution in [0.5, 0.6) is 0 Å².